The van der Waals surface area contributed by atoms with Crippen molar-refractivity contribution in [2.24, 2.45) is 5.16 Å². The minimum atomic E-state index is -0.483. The summed E-state index contributed by atoms with van der Waals surface area (Å²) in [4.78, 5) is 15.0. The normalized spacial score (nSPS) is 10.9. The highest BCUT2D eigenvalue weighted by atomic mass is 79.9. The second kappa shape index (κ2) is 6.04. The molecule has 0 amide bonds. The van der Waals surface area contributed by atoms with Crippen LogP contribution in [0.3, 0.4) is 0 Å². The maximum atomic E-state index is 10.6. The molecule has 1 heterocycles. The lowest BCUT2D eigenvalue weighted by molar-refractivity contribution is -0.140. The zero-order chi connectivity index (χ0) is 13.8. The van der Waals surface area contributed by atoms with E-state index in [2.05, 4.69) is 25.9 Å². The lowest BCUT2D eigenvalue weighted by Gasteiger charge is -2.00. The van der Waals surface area contributed by atoms with Crippen molar-refractivity contribution in [1.82, 2.24) is 0 Å². The molecule has 6 heteroatoms. The van der Waals surface area contributed by atoms with Crippen LogP contribution in [-0.4, -0.2) is 12.2 Å². The number of carbonyl (C=O) groups is 1. The zero-order valence-corrected chi connectivity index (χ0v) is 12.2. The van der Waals surface area contributed by atoms with E-state index in [9.17, 15) is 4.79 Å². The second-order valence-corrected chi connectivity index (χ2v) is 4.93. The van der Waals surface area contributed by atoms with Gasteiger partial charge in [0.1, 0.15) is 17.7 Å². The number of furan rings is 1. The van der Waals surface area contributed by atoms with Crippen molar-refractivity contribution >= 4 is 39.7 Å². The van der Waals surface area contributed by atoms with Crippen LogP contribution in [0.2, 0.25) is 5.02 Å². The number of hydrogen-bond acceptors (Lipinski definition) is 4. The van der Waals surface area contributed by atoms with Crippen LogP contribution in [0.15, 0.2) is 44.4 Å². The van der Waals surface area contributed by atoms with Gasteiger partial charge < -0.3 is 9.25 Å². The monoisotopic (exact) mass is 341 g/mol. The van der Waals surface area contributed by atoms with Crippen LogP contribution >= 0.6 is 27.5 Å². The van der Waals surface area contributed by atoms with Crippen molar-refractivity contribution in [1.29, 1.82) is 0 Å². The van der Waals surface area contributed by atoms with E-state index in [-0.39, 0.29) is 0 Å². The van der Waals surface area contributed by atoms with Gasteiger partial charge in [0, 0.05) is 22.0 Å². The summed E-state index contributed by atoms with van der Waals surface area (Å²) in [5.41, 5.74) is 0.872. The predicted molar refractivity (Wildman–Crippen MR) is 76.2 cm³/mol. The number of hydrogen-bond donors (Lipinski definition) is 0. The smallest absolute Gasteiger partial charge is 0.331 e. The van der Waals surface area contributed by atoms with E-state index in [1.165, 1.54) is 13.1 Å². The molecule has 0 aliphatic carbocycles. The Morgan fingerprint density at radius 3 is 2.89 bits per heavy atom. The first-order chi connectivity index (χ1) is 9.06. The first-order valence-corrected chi connectivity index (χ1v) is 6.49. The van der Waals surface area contributed by atoms with Crippen LogP contribution < -0.4 is 0 Å². The predicted octanol–water partition coefficient (Wildman–Crippen LogP) is 4.26. The number of rotatable bonds is 3. The van der Waals surface area contributed by atoms with Crippen LogP contribution in [0.5, 0.6) is 0 Å². The topological polar surface area (TPSA) is 51.8 Å². The Labute approximate surface area is 123 Å². The maximum Gasteiger partial charge on any atom is 0.331 e. The van der Waals surface area contributed by atoms with Crippen molar-refractivity contribution in [3.63, 3.8) is 0 Å². The highest BCUT2D eigenvalue weighted by molar-refractivity contribution is 9.10. The van der Waals surface area contributed by atoms with Crippen molar-refractivity contribution in [2.75, 3.05) is 0 Å². The van der Waals surface area contributed by atoms with E-state index in [0.717, 1.165) is 10.0 Å². The third-order valence-corrected chi connectivity index (χ3v) is 3.08. The fourth-order valence-electron chi connectivity index (χ4n) is 1.41. The Kier molecular flexibility index (Phi) is 4.39. The van der Waals surface area contributed by atoms with Gasteiger partial charge in [0.25, 0.3) is 0 Å². The lowest BCUT2D eigenvalue weighted by Crippen LogP contribution is -1.90. The van der Waals surface area contributed by atoms with E-state index in [0.29, 0.717) is 16.5 Å². The van der Waals surface area contributed by atoms with Crippen molar-refractivity contribution in [3.05, 3.63) is 45.6 Å². The van der Waals surface area contributed by atoms with Gasteiger partial charge in [-0.05, 0) is 46.3 Å². The average molecular weight is 343 g/mol. The van der Waals surface area contributed by atoms with E-state index in [4.69, 9.17) is 16.0 Å². The van der Waals surface area contributed by atoms with Crippen LogP contribution in [-0.2, 0) is 9.63 Å². The average Bonchev–Trinajstić information content (AvgIpc) is 2.77. The molecule has 0 N–H and O–H groups in total. The molecule has 0 radical (unpaired) electrons. The molecule has 0 spiro atoms. The van der Waals surface area contributed by atoms with E-state index >= 15 is 0 Å². The minimum Gasteiger partial charge on any atom is -0.455 e. The van der Waals surface area contributed by atoms with Crippen LogP contribution in [0, 0.1) is 0 Å². The van der Waals surface area contributed by atoms with E-state index in [1.807, 2.05) is 6.07 Å². The van der Waals surface area contributed by atoms with Gasteiger partial charge in [0.05, 0.1) is 0 Å². The molecule has 0 unspecified atom stereocenters. The van der Waals surface area contributed by atoms with Gasteiger partial charge in [0.15, 0.2) is 0 Å². The first kappa shape index (κ1) is 13.8. The van der Waals surface area contributed by atoms with Gasteiger partial charge in [-0.15, -0.1) is 0 Å². The molecular formula is C13H9BrClNO3. The summed E-state index contributed by atoms with van der Waals surface area (Å²) in [5.74, 6) is 0.661. The quantitative estimate of drug-likeness (QED) is 0.476. The molecule has 0 saturated carbocycles. The summed E-state index contributed by atoms with van der Waals surface area (Å²) in [5, 5.41) is 4.12. The van der Waals surface area contributed by atoms with Gasteiger partial charge in [-0.2, -0.15) is 0 Å². The van der Waals surface area contributed by atoms with E-state index < -0.39 is 5.97 Å². The molecule has 0 fully saturated rings. The van der Waals surface area contributed by atoms with Crippen molar-refractivity contribution < 1.29 is 14.0 Å². The second-order valence-electron chi connectivity index (χ2n) is 3.64. The van der Waals surface area contributed by atoms with Gasteiger partial charge >= 0.3 is 5.97 Å². The van der Waals surface area contributed by atoms with Gasteiger partial charge in [-0.25, -0.2) is 4.79 Å². The molecule has 1 aromatic heterocycles. The molecule has 4 nitrogen and oxygen atoms in total. The molecule has 19 heavy (non-hydrogen) atoms. The summed E-state index contributed by atoms with van der Waals surface area (Å²) in [6, 6.07) is 8.92. The zero-order valence-electron chi connectivity index (χ0n) is 9.89. The maximum absolute atomic E-state index is 10.6. The minimum absolute atomic E-state index is 0.483. The fraction of sp³-hybridized carbons (Fsp3) is 0.0769. The van der Waals surface area contributed by atoms with E-state index in [1.54, 1.807) is 24.3 Å². The van der Waals surface area contributed by atoms with Gasteiger partial charge in [0.2, 0.25) is 0 Å². The molecular weight excluding hydrogens is 334 g/mol. The van der Waals surface area contributed by atoms with Crippen LogP contribution in [0.1, 0.15) is 12.7 Å². The highest BCUT2D eigenvalue weighted by Crippen LogP contribution is 2.31. The molecule has 0 bridgehead atoms. The molecule has 1 aromatic carbocycles. The molecule has 0 aliphatic rings. The summed E-state index contributed by atoms with van der Waals surface area (Å²) in [7, 11) is 0. The SMILES string of the molecule is CC(=O)O/N=C/c1ccc(-c2ccc(Cl)cc2Br)o1. The Morgan fingerprint density at radius 2 is 2.21 bits per heavy atom. The molecule has 2 aromatic rings. The standard InChI is InChI=1S/C13H9BrClNO3/c1-8(17)19-16-7-10-3-5-13(18-10)11-4-2-9(15)6-12(11)14/h2-7H,1H3/b16-7+. The lowest BCUT2D eigenvalue weighted by atomic mass is 10.2. The number of halogens is 2. The van der Waals surface area contributed by atoms with Crippen LogP contribution in [0.4, 0.5) is 0 Å². The Balaban J connectivity index is 2.21. The van der Waals surface area contributed by atoms with Crippen molar-refractivity contribution in [2.45, 2.75) is 6.92 Å². The Hall–Kier alpha value is -1.59. The first-order valence-electron chi connectivity index (χ1n) is 5.32. The highest BCUT2D eigenvalue weighted by Gasteiger charge is 2.08. The third-order valence-electron chi connectivity index (χ3n) is 2.18. The fourth-order valence-corrected chi connectivity index (χ4v) is 2.29. The molecule has 98 valence electrons. The number of nitrogens with zero attached hydrogens (tertiary/aromatic N) is 1. The summed E-state index contributed by atoms with van der Waals surface area (Å²) >= 11 is 9.29. The summed E-state index contributed by atoms with van der Waals surface area (Å²) in [6.07, 6.45) is 1.33. The van der Waals surface area contributed by atoms with Crippen molar-refractivity contribution in [3.8, 4) is 11.3 Å². The van der Waals surface area contributed by atoms with Gasteiger partial charge in [-0.3, -0.25) is 0 Å². The Bertz CT molecular complexity index is 637. The molecule has 0 saturated heterocycles. The number of oxime groups is 1. The summed E-state index contributed by atoms with van der Waals surface area (Å²) < 4.78 is 6.39. The molecule has 2 rings (SSSR count). The molecule has 0 atom stereocenters. The largest absolute Gasteiger partial charge is 0.455 e. The van der Waals surface area contributed by atoms with Gasteiger partial charge in [-0.1, -0.05) is 16.8 Å². The third kappa shape index (κ3) is 3.68. The molecule has 0 aliphatic heterocycles. The number of benzene rings is 1. The number of carbonyl (C=O) groups excluding carboxylic acids is 1. The Morgan fingerprint density at radius 1 is 1.42 bits per heavy atom. The summed E-state index contributed by atoms with van der Waals surface area (Å²) in [6.45, 7) is 1.27. The van der Waals surface area contributed by atoms with Crippen LogP contribution in [0.25, 0.3) is 11.3 Å².